The van der Waals surface area contributed by atoms with Crippen LogP contribution in [0, 0.1) is 0 Å². The molecule has 1 nitrogen and oxygen atoms in total. The van der Waals surface area contributed by atoms with Gasteiger partial charge in [0.1, 0.15) is 0 Å². The summed E-state index contributed by atoms with van der Waals surface area (Å²) in [6.07, 6.45) is 13.9. The fraction of sp³-hybridized carbons (Fsp3) is 0.294. The van der Waals surface area contributed by atoms with Crippen molar-refractivity contribution in [1.82, 2.24) is 0 Å². The molecule has 0 aromatic rings. The largest absolute Gasteiger partial charge is 0.398 e. The summed E-state index contributed by atoms with van der Waals surface area (Å²) in [5, 5.41) is 0. The van der Waals surface area contributed by atoms with E-state index in [-0.39, 0.29) is 0 Å². The lowest BCUT2D eigenvalue weighted by molar-refractivity contribution is 1.30. The third-order valence-electron chi connectivity index (χ3n) is 2.39. The first kappa shape index (κ1) is 17.6. The third kappa shape index (κ3) is 7.58. The summed E-state index contributed by atoms with van der Waals surface area (Å²) in [6, 6.07) is 0. The van der Waals surface area contributed by atoms with Gasteiger partial charge in [-0.05, 0) is 38.2 Å². The summed E-state index contributed by atoms with van der Waals surface area (Å²) in [5.41, 5.74) is 9.19. The quantitative estimate of drug-likeness (QED) is 0.652. The first-order chi connectivity index (χ1) is 9.06. The van der Waals surface area contributed by atoms with Crippen LogP contribution in [-0.2, 0) is 0 Å². The van der Waals surface area contributed by atoms with Crippen molar-refractivity contribution in [3.63, 3.8) is 0 Å². The van der Waals surface area contributed by atoms with Gasteiger partial charge in [0, 0.05) is 10.6 Å². The van der Waals surface area contributed by atoms with Crippen molar-refractivity contribution >= 4 is 11.8 Å². The molecule has 0 aliphatic carbocycles. The zero-order valence-electron chi connectivity index (χ0n) is 12.4. The summed E-state index contributed by atoms with van der Waals surface area (Å²) in [4.78, 5) is 1.15. The van der Waals surface area contributed by atoms with Gasteiger partial charge in [0.15, 0.2) is 0 Å². The molecule has 0 radical (unpaired) electrons. The van der Waals surface area contributed by atoms with Crippen molar-refractivity contribution in [1.29, 1.82) is 0 Å². The Morgan fingerprint density at radius 3 is 2.47 bits per heavy atom. The second-order valence-electron chi connectivity index (χ2n) is 4.03. The maximum Gasteiger partial charge on any atom is 0.0481 e. The molecule has 2 heteroatoms. The van der Waals surface area contributed by atoms with Crippen molar-refractivity contribution in [2.24, 2.45) is 5.73 Å². The van der Waals surface area contributed by atoms with Crippen LogP contribution in [0.15, 0.2) is 70.9 Å². The standard InChI is InChI=1S/C17H25NS/c1-6-9-10-12-14(4)13-16(11-7-2)17(18)15(5)19-8-3/h6-7,9-13H,2,8,18H2,1,3-5H3/b9-6-,12-10-,14-13+,16-11+,17-15-. The molecular formula is C17H25NS. The van der Waals surface area contributed by atoms with Crippen LogP contribution >= 0.6 is 11.8 Å². The van der Waals surface area contributed by atoms with Gasteiger partial charge < -0.3 is 5.73 Å². The van der Waals surface area contributed by atoms with Gasteiger partial charge in [-0.3, -0.25) is 0 Å². The molecule has 0 heterocycles. The molecule has 0 atom stereocenters. The van der Waals surface area contributed by atoms with E-state index in [1.165, 1.54) is 0 Å². The van der Waals surface area contributed by atoms with E-state index in [2.05, 4.69) is 39.5 Å². The molecule has 104 valence electrons. The number of hydrogen-bond acceptors (Lipinski definition) is 2. The van der Waals surface area contributed by atoms with E-state index in [1.54, 1.807) is 17.8 Å². The Morgan fingerprint density at radius 2 is 1.95 bits per heavy atom. The molecule has 0 saturated carbocycles. The molecule has 19 heavy (non-hydrogen) atoms. The molecule has 0 fully saturated rings. The molecule has 0 unspecified atom stereocenters. The molecule has 0 aromatic heterocycles. The van der Waals surface area contributed by atoms with Gasteiger partial charge >= 0.3 is 0 Å². The van der Waals surface area contributed by atoms with E-state index < -0.39 is 0 Å². The van der Waals surface area contributed by atoms with Crippen molar-refractivity contribution in [3.8, 4) is 0 Å². The number of nitrogens with two attached hydrogens (primary N) is 1. The van der Waals surface area contributed by atoms with Crippen LogP contribution in [0.25, 0.3) is 0 Å². The topological polar surface area (TPSA) is 26.0 Å². The maximum atomic E-state index is 6.20. The average Bonchev–Trinajstić information content (AvgIpc) is 2.38. The van der Waals surface area contributed by atoms with Crippen molar-refractivity contribution in [2.75, 3.05) is 5.75 Å². The molecule has 0 bridgehead atoms. The van der Waals surface area contributed by atoms with E-state index >= 15 is 0 Å². The molecule has 0 aliphatic heterocycles. The molecule has 0 saturated heterocycles. The van der Waals surface area contributed by atoms with E-state index in [0.717, 1.165) is 27.5 Å². The second-order valence-corrected chi connectivity index (χ2v) is 5.51. The van der Waals surface area contributed by atoms with E-state index in [9.17, 15) is 0 Å². The Morgan fingerprint density at radius 1 is 1.26 bits per heavy atom. The van der Waals surface area contributed by atoms with Gasteiger partial charge in [0.25, 0.3) is 0 Å². The Kier molecular flexibility index (Phi) is 9.73. The highest BCUT2D eigenvalue weighted by molar-refractivity contribution is 8.03. The number of thioether (sulfide) groups is 1. The lowest BCUT2D eigenvalue weighted by Gasteiger charge is -2.08. The zero-order chi connectivity index (χ0) is 14.7. The molecule has 0 aromatic carbocycles. The molecule has 0 spiro atoms. The SMILES string of the molecule is C=C/C=C(\C=C(C)\C=C/C=C\C)C(/N)=C(\C)SCC. The van der Waals surface area contributed by atoms with Crippen LogP contribution in [0.4, 0.5) is 0 Å². The van der Waals surface area contributed by atoms with Crippen molar-refractivity contribution in [2.45, 2.75) is 27.7 Å². The van der Waals surface area contributed by atoms with Gasteiger partial charge in [-0.15, -0.1) is 11.8 Å². The van der Waals surface area contributed by atoms with Gasteiger partial charge in [0.05, 0.1) is 0 Å². The number of hydrogen-bond donors (Lipinski definition) is 1. The molecular weight excluding hydrogens is 250 g/mol. The van der Waals surface area contributed by atoms with Gasteiger partial charge in [-0.2, -0.15) is 0 Å². The van der Waals surface area contributed by atoms with E-state index in [1.807, 2.05) is 31.2 Å². The normalized spacial score (nSPS) is 15.2. The average molecular weight is 275 g/mol. The smallest absolute Gasteiger partial charge is 0.0481 e. The zero-order valence-corrected chi connectivity index (χ0v) is 13.3. The summed E-state index contributed by atoms with van der Waals surface area (Å²) in [6.45, 7) is 12.0. The summed E-state index contributed by atoms with van der Waals surface area (Å²) >= 11 is 1.76. The molecule has 0 rings (SSSR count). The number of rotatable bonds is 7. The molecule has 0 aliphatic rings. The van der Waals surface area contributed by atoms with Crippen molar-refractivity contribution in [3.05, 3.63) is 70.9 Å². The van der Waals surface area contributed by atoms with Gasteiger partial charge in [-0.25, -0.2) is 0 Å². The molecule has 0 amide bonds. The van der Waals surface area contributed by atoms with Crippen LogP contribution in [0.1, 0.15) is 27.7 Å². The van der Waals surface area contributed by atoms with Gasteiger partial charge in [0.2, 0.25) is 0 Å². The first-order valence-electron chi connectivity index (χ1n) is 6.46. The van der Waals surface area contributed by atoms with Gasteiger partial charge in [-0.1, -0.05) is 55.5 Å². The second kappa shape index (κ2) is 10.5. The minimum Gasteiger partial charge on any atom is -0.398 e. The lowest BCUT2D eigenvalue weighted by Crippen LogP contribution is -2.02. The van der Waals surface area contributed by atoms with Crippen LogP contribution in [0.5, 0.6) is 0 Å². The van der Waals surface area contributed by atoms with E-state index in [0.29, 0.717) is 0 Å². The Balaban J connectivity index is 5.25. The minimum absolute atomic E-state index is 0.825. The van der Waals surface area contributed by atoms with Crippen molar-refractivity contribution < 1.29 is 0 Å². The van der Waals surface area contributed by atoms with Crippen LogP contribution < -0.4 is 5.73 Å². The summed E-state index contributed by atoms with van der Waals surface area (Å²) in [5.74, 6) is 1.03. The Bertz CT molecular complexity index is 434. The number of allylic oxidation sites excluding steroid dienone is 9. The lowest BCUT2D eigenvalue weighted by atomic mass is 10.1. The summed E-state index contributed by atoms with van der Waals surface area (Å²) in [7, 11) is 0. The highest BCUT2D eigenvalue weighted by Gasteiger charge is 2.02. The van der Waals surface area contributed by atoms with Crippen LogP contribution in [0.2, 0.25) is 0 Å². The Labute approximate surface area is 122 Å². The fourth-order valence-corrected chi connectivity index (χ4v) is 2.16. The van der Waals surface area contributed by atoms with Crippen LogP contribution in [-0.4, -0.2) is 5.75 Å². The molecule has 2 N–H and O–H groups in total. The fourth-order valence-electron chi connectivity index (χ4n) is 1.45. The maximum absolute atomic E-state index is 6.20. The summed E-state index contributed by atoms with van der Waals surface area (Å²) < 4.78 is 0. The highest BCUT2D eigenvalue weighted by Crippen LogP contribution is 2.22. The predicted molar refractivity (Wildman–Crippen MR) is 91.0 cm³/mol. The highest BCUT2D eigenvalue weighted by atomic mass is 32.2. The monoisotopic (exact) mass is 275 g/mol. The third-order valence-corrected chi connectivity index (χ3v) is 3.34. The van der Waals surface area contributed by atoms with E-state index in [4.69, 9.17) is 5.73 Å². The minimum atomic E-state index is 0.825. The van der Waals surface area contributed by atoms with Crippen LogP contribution in [0.3, 0.4) is 0 Å². The Hall–Kier alpha value is -1.41. The first-order valence-corrected chi connectivity index (χ1v) is 7.45. The predicted octanol–water partition coefficient (Wildman–Crippen LogP) is 5.12.